The molecule has 0 aliphatic carbocycles. The highest BCUT2D eigenvalue weighted by atomic mass is 32.2. The molecule has 2 rings (SSSR count). The second kappa shape index (κ2) is 5.12. The number of aryl methyl sites for hydroxylation is 1. The molecule has 1 aliphatic heterocycles. The van der Waals surface area contributed by atoms with Gasteiger partial charge in [-0.25, -0.2) is 12.8 Å². The number of ether oxygens (including phenoxy) is 1. The molecule has 20 heavy (non-hydrogen) atoms. The van der Waals surface area contributed by atoms with E-state index in [1.54, 1.807) is 0 Å². The fourth-order valence-electron chi connectivity index (χ4n) is 2.03. The Morgan fingerprint density at radius 2 is 2.20 bits per heavy atom. The standard InChI is InChI=1S/C12H14FNO5S/c1-8-2-3-9(13)6-10(8)20(17,18)14-12(11(15)16)4-5-19-7-12/h2-3,6,14H,4-5,7H2,1H3,(H,15,16). The molecule has 0 radical (unpaired) electrons. The van der Waals surface area contributed by atoms with Gasteiger partial charge in [-0.3, -0.25) is 4.79 Å². The van der Waals surface area contributed by atoms with Crippen molar-refractivity contribution in [2.24, 2.45) is 0 Å². The maximum Gasteiger partial charge on any atom is 0.327 e. The molecule has 0 saturated carbocycles. The van der Waals surface area contributed by atoms with E-state index < -0.39 is 27.3 Å². The summed E-state index contributed by atoms with van der Waals surface area (Å²) in [5.41, 5.74) is -1.37. The van der Waals surface area contributed by atoms with Crippen LogP contribution in [-0.2, 0) is 19.6 Å². The monoisotopic (exact) mass is 303 g/mol. The van der Waals surface area contributed by atoms with Gasteiger partial charge in [-0.1, -0.05) is 6.07 Å². The third-order valence-electron chi connectivity index (χ3n) is 3.20. The zero-order valence-electron chi connectivity index (χ0n) is 10.7. The topological polar surface area (TPSA) is 92.7 Å². The third kappa shape index (κ3) is 2.67. The van der Waals surface area contributed by atoms with Crippen molar-refractivity contribution < 1.29 is 27.4 Å². The van der Waals surface area contributed by atoms with Crippen LogP contribution in [0, 0.1) is 12.7 Å². The fraction of sp³-hybridized carbons (Fsp3) is 0.417. The van der Waals surface area contributed by atoms with E-state index in [4.69, 9.17) is 4.74 Å². The zero-order chi connectivity index (χ0) is 15.0. The molecule has 0 amide bonds. The van der Waals surface area contributed by atoms with Crippen molar-refractivity contribution in [2.75, 3.05) is 13.2 Å². The second-order valence-corrected chi connectivity index (χ2v) is 6.36. The van der Waals surface area contributed by atoms with Crippen molar-refractivity contribution in [3.8, 4) is 0 Å². The molecular weight excluding hydrogens is 289 g/mol. The number of benzene rings is 1. The van der Waals surface area contributed by atoms with Crippen LogP contribution in [0.4, 0.5) is 4.39 Å². The fourth-order valence-corrected chi connectivity index (χ4v) is 3.67. The number of carbonyl (C=O) groups is 1. The number of carboxylic acid groups (broad SMARTS) is 1. The van der Waals surface area contributed by atoms with E-state index in [-0.39, 0.29) is 24.5 Å². The summed E-state index contributed by atoms with van der Waals surface area (Å²) in [7, 11) is -4.15. The van der Waals surface area contributed by atoms with E-state index >= 15 is 0 Å². The van der Waals surface area contributed by atoms with Crippen molar-refractivity contribution in [3.63, 3.8) is 0 Å². The third-order valence-corrected chi connectivity index (χ3v) is 4.88. The Bertz CT molecular complexity index is 637. The lowest BCUT2D eigenvalue weighted by molar-refractivity contribution is -0.144. The second-order valence-electron chi connectivity index (χ2n) is 4.71. The minimum absolute atomic E-state index is 0.0237. The number of hydrogen-bond donors (Lipinski definition) is 2. The van der Waals surface area contributed by atoms with Crippen molar-refractivity contribution in [1.82, 2.24) is 4.72 Å². The van der Waals surface area contributed by atoms with Crippen molar-refractivity contribution in [2.45, 2.75) is 23.8 Å². The molecule has 1 aliphatic rings. The molecule has 1 aromatic rings. The highest BCUT2D eigenvalue weighted by Crippen LogP contribution is 2.24. The number of hydrogen-bond acceptors (Lipinski definition) is 4. The lowest BCUT2D eigenvalue weighted by atomic mass is 10.0. The zero-order valence-corrected chi connectivity index (χ0v) is 11.5. The summed E-state index contributed by atoms with van der Waals surface area (Å²) in [5.74, 6) is -2.02. The average Bonchev–Trinajstić information content (AvgIpc) is 2.81. The highest BCUT2D eigenvalue weighted by Gasteiger charge is 2.46. The van der Waals surface area contributed by atoms with E-state index in [2.05, 4.69) is 4.72 Å². The minimum Gasteiger partial charge on any atom is -0.480 e. The summed E-state index contributed by atoms with van der Waals surface area (Å²) in [5, 5.41) is 9.22. The highest BCUT2D eigenvalue weighted by molar-refractivity contribution is 7.89. The first-order valence-corrected chi connectivity index (χ1v) is 7.36. The first-order valence-electron chi connectivity index (χ1n) is 5.88. The SMILES string of the molecule is Cc1ccc(F)cc1S(=O)(=O)NC1(C(=O)O)CCOC1. The molecule has 1 unspecified atom stereocenters. The number of nitrogens with one attached hydrogen (secondary N) is 1. The minimum atomic E-state index is -4.15. The maximum atomic E-state index is 13.2. The first kappa shape index (κ1) is 14.9. The van der Waals surface area contributed by atoms with Gasteiger partial charge in [0.25, 0.3) is 0 Å². The summed E-state index contributed by atoms with van der Waals surface area (Å²) in [4.78, 5) is 11.0. The van der Waals surface area contributed by atoms with E-state index in [1.165, 1.54) is 13.0 Å². The van der Waals surface area contributed by atoms with Crippen LogP contribution in [0.15, 0.2) is 23.1 Å². The van der Waals surface area contributed by atoms with Crippen LogP contribution < -0.4 is 4.72 Å². The van der Waals surface area contributed by atoms with Crippen LogP contribution in [0.25, 0.3) is 0 Å². The van der Waals surface area contributed by atoms with Crippen molar-refractivity contribution in [1.29, 1.82) is 0 Å². The normalized spacial score (nSPS) is 22.9. The van der Waals surface area contributed by atoms with Crippen LogP contribution >= 0.6 is 0 Å². The van der Waals surface area contributed by atoms with Gasteiger partial charge >= 0.3 is 5.97 Å². The molecule has 0 bridgehead atoms. The van der Waals surface area contributed by atoms with Crippen molar-refractivity contribution in [3.05, 3.63) is 29.6 Å². The first-order chi connectivity index (χ1) is 9.27. The lowest BCUT2D eigenvalue weighted by Crippen LogP contribution is -2.55. The van der Waals surface area contributed by atoms with Crippen molar-refractivity contribution >= 4 is 16.0 Å². The quantitative estimate of drug-likeness (QED) is 0.852. The summed E-state index contributed by atoms with van der Waals surface area (Å²) in [6.07, 6.45) is 0.0237. The molecule has 0 aromatic heterocycles. The van der Waals surface area contributed by atoms with Gasteiger partial charge in [0.1, 0.15) is 5.82 Å². The number of carboxylic acids is 1. The smallest absolute Gasteiger partial charge is 0.327 e. The molecule has 6 nitrogen and oxygen atoms in total. The molecule has 1 heterocycles. The number of sulfonamides is 1. The Labute approximate surface area is 115 Å². The molecule has 110 valence electrons. The van der Waals surface area contributed by atoms with E-state index in [0.717, 1.165) is 12.1 Å². The Kier molecular flexibility index (Phi) is 3.81. The van der Waals surface area contributed by atoms with Gasteiger partial charge < -0.3 is 9.84 Å². The molecular formula is C12H14FNO5S. The average molecular weight is 303 g/mol. The molecule has 2 N–H and O–H groups in total. The van der Waals surface area contributed by atoms with Crippen LogP contribution in [0.5, 0.6) is 0 Å². The molecule has 1 atom stereocenters. The largest absolute Gasteiger partial charge is 0.480 e. The predicted octanol–water partition coefficient (Wildman–Crippen LogP) is 0.656. The Hall–Kier alpha value is -1.51. The van der Waals surface area contributed by atoms with Gasteiger partial charge in [-0.05, 0) is 24.6 Å². The van der Waals surface area contributed by atoms with Crippen LogP contribution in [0.3, 0.4) is 0 Å². The van der Waals surface area contributed by atoms with Gasteiger partial charge in [0.15, 0.2) is 5.54 Å². The molecule has 0 spiro atoms. The number of halogens is 1. The van der Waals surface area contributed by atoms with Gasteiger partial charge in [0.2, 0.25) is 10.0 Å². The molecule has 1 aromatic carbocycles. The number of rotatable bonds is 4. The summed E-state index contributed by atoms with van der Waals surface area (Å²) >= 11 is 0. The van der Waals surface area contributed by atoms with E-state index in [9.17, 15) is 22.7 Å². The maximum absolute atomic E-state index is 13.2. The van der Waals surface area contributed by atoms with Gasteiger partial charge in [0.05, 0.1) is 11.5 Å². The summed E-state index contributed by atoms with van der Waals surface area (Å²) in [6, 6.07) is 3.32. The van der Waals surface area contributed by atoms with Gasteiger partial charge in [0, 0.05) is 13.0 Å². The Morgan fingerprint density at radius 3 is 2.75 bits per heavy atom. The number of aliphatic carboxylic acids is 1. The summed E-state index contributed by atoms with van der Waals surface area (Å²) < 4.78 is 44.9. The Balaban J connectivity index is 2.40. The van der Waals surface area contributed by atoms with Crippen LogP contribution in [0.2, 0.25) is 0 Å². The van der Waals surface area contributed by atoms with Crippen LogP contribution in [-0.4, -0.2) is 38.2 Å². The molecule has 1 fully saturated rings. The van der Waals surface area contributed by atoms with E-state index in [0.29, 0.717) is 5.56 Å². The van der Waals surface area contributed by atoms with Gasteiger partial charge in [-0.2, -0.15) is 4.72 Å². The molecule has 8 heteroatoms. The van der Waals surface area contributed by atoms with Gasteiger partial charge in [-0.15, -0.1) is 0 Å². The van der Waals surface area contributed by atoms with E-state index in [1.807, 2.05) is 0 Å². The van der Waals surface area contributed by atoms with Crippen LogP contribution in [0.1, 0.15) is 12.0 Å². The molecule has 1 saturated heterocycles. The predicted molar refractivity (Wildman–Crippen MR) is 67.3 cm³/mol. The Morgan fingerprint density at radius 1 is 1.50 bits per heavy atom. The summed E-state index contributed by atoms with van der Waals surface area (Å²) in [6.45, 7) is 1.40. The lowest BCUT2D eigenvalue weighted by Gasteiger charge is -2.23.